The highest BCUT2D eigenvalue weighted by Gasteiger charge is 2.20. The van der Waals surface area contributed by atoms with E-state index in [9.17, 15) is 4.79 Å². The number of carbonyl (C=O) groups excluding carboxylic acids is 1. The summed E-state index contributed by atoms with van der Waals surface area (Å²) in [5.74, 6) is 0.975. The molecule has 1 saturated carbocycles. The third kappa shape index (κ3) is 3.09. The van der Waals surface area contributed by atoms with Gasteiger partial charge >= 0.3 is 0 Å². The van der Waals surface area contributed by atoms with Gasteiger partial charge in [-0.2, -0.15) is 0 Å². The molecule has 0 unspecified atom stereocenters. The Bertz CT molecular complexity index is 734. The maximum absolute atomic E-state index is 11.6. The van der Waals surface area contributed by atoms with Crippen molar-refractivity contribution >= 4 is 17.3 Å². The molecule has 3 nitrogen and oxygen atoms in total. The Labute approximate surface area is 137 Å². The van der Waals surface area contributed by atoms with Crippen LogP contribution in [0.1, 0.15) is 36.0 Å². The van der Waals surface area contributed by atoms with Gasteiger partial charge in [0, 0.05) is 6.54 Å². The molecule has 0 aromatic heterocycles. The smallest absolute Gasteiger partial charge is 0.228 e. The quantitative estimate of drug-likeness (QED) is 0.872. The van der Waals surface area contributed by atoms with Crippen LogP contribution in [-0.4, -0.2) is 5.91 Å². The van der Waals surface area contributed by atoms with Gasteiger partial charge in [0.1, 0.15) is 0 Å². The number of nitrogens with one attached hydrogen (secondary N) is 2. The van der Waals surface area contributed by atoms with Crippen molar-refractivity contribution in [2.45, 2.75) is 38.6 Å². The molecule has 2 aromatic carbocycles. The Morgan fingerprint density at radius 2 is 1.91 bits per heavy atom. The van der Waals surface area contributed by atoms with Crippen molar-refractivity contribution in [3.63, 3.8) is 0 Å². The molecule has 0 spiro atoms. The van der Waals surface area contributed by atoms with Gasteiger partial charge in [-0.15, -0.1) is 0 Å². The zero-order chi connectivity index (χ0) is 15.6. The summed E-state index contributed by atoms with van der Waals surface area (Å²) in [5.41, 5.74) is 5.78. The summed E-state index contributed by atoms with van der Waals surface area (Å²) in [4.78, 5) is 11.6. The number of para-hydroxylation sites is 1. The standard InChI is InChI=1S/C20H22N2O/c23-19-12-17-8-3-9-18(20(17)22-19)21-13-16-7-2-6-15(11-16)10-14-4-1-5-14/h2-3,6-9,11,14,21H,1,4-5,10,12-13H2,(H,22,23). The maximum atomic E-state index is 11.6. The summed E-state index contributed by atoms with van der Waals surface area (Å²) in [7, 11) is 0. The predicted octanol–water partition coefficient (Wildman–Crippen LogP) is 4.14. The number of benzene rings is 2. The molecule has 2 aliphatic rings. The molecule has 23 heavy (non-hydrogen) atoms. The third-order valence-corrected chi connectivity index (χ3v) is 4.99. The first-order valence-electron chi connectivity index (χ1n) is 8.51. The first-order chi connectivity index (χ1) is 11.3. The van der Waals surface area contributed by atoms with Gasteiger partial charge in [-0.3, -0.25) is 4.79 Å². The van der Waals surface area contributed by atoms with Crippen LogP contribution < -0.4 is 10.6 Å². The number of anilines is 2. The summed E-state index contributed by atoms with van der Waals surface area (Å²) in [6.07, 6.45) is 5.87. The minimum atomic E-state index is 0.0803. The molecule has 4 rings (SSSR count). The van der Waals surface area contributed by atoms with E-state index in [1.807, 2.05) is 18.2 Å². The number of hydrogen-bond acceptors (Lipinski definition) is 2. The maximum Gasteiger partial charge on any atom is 0.228 e. The molecule has 1 amide bonds. The molecule has 2 aromatic rings. The second-order valence-corrected chi connectivity index (χ2v) is 6.74. The number of hydrogen-bond donors (Lipinski definition) is 2. The van der Waals surface area contributed by atoms with Gasteiger partial charge in [-0.25, -0.2) is 0 Å². The summed E-state index contributed by atoms with van der Waals surface area (Å²) in [5, 5.41) is 6.43. The third-order valence-electron chi connectivity index (χ3n) is 4.99. The summed E-state index contributed by atoms with van der Waals surface area (Å²) < 4.78 is 0. The van der Waals surface area contributed by atoms with E-state index in [-0.39, 0.29) is 5.91 Å². The molecule has 0 atom stereocenters. The molecule has 1 heterocycles. The minimum Gasteiger partial charge on any atom is -0.379 e. The zero-order valence-electron chi connectivity index (χ0n) is 13.3. The van der Waals surface area contributed by atoms with Crippen LogP contribution in [0.4, 0.5) is 11.4 Å². The second kappa shape index (κ2) is 6.07. The van der Waals surface area contributed by atoms with E-state index in [0.717, 1.165) is 29.4 Å². The SMILES string of the molecule is O=C1Cc2cccc(NCc3cccc(CC4CCC4)c3)c2N1. The van der Waals surface area contributed by atoms with Crippen molar-refractivity contribution in [2.24, 2.45) is 5.92 Å². The van der Waals surface area contributed by atoms with Gasteiger partial charge in [-0.1, -0.05) is 55.7 Å². The molecule has 1 aliphatic heterocycles. The van der Waals surface area contributed by atoms with E-state index in [4.69, 9.17) is 0 Å². The fraction of sp³-hybridized carbons (Fsp3) is 0.350. The summed E-state index contributed by atoms with van der Waals surface area (Å²) in [6.45, 7) is 0.783. The second-order valence-electron chi connectivity index (χ2n) is 6.74. The van der Waals surface area contributed by atoms with Crippen LogP contribution in [-0.2, 0) is 24.2 Å². The lowest BCUT2D eigenvalue weighted by Gasteiger charge is -2.25. The summed E-state index contributed by atoms with van der Waals surface area (Å²) in [6, 6.07) is 14.9. The van der Waals surface area contributed by atoms with Crippen LogP contribution >= 0.6 is 0 Å². The van der Waals surface area contributed by atoms with Crippen molar-refractivity contribution in [3.8, 4) is 0 Å². The van der Waals surface area contributed by atoms with Crippen LogP contribution in [0.5, 0.6) is 0 Å². The monoisotopic (exact) mass is 306 g/mol. The first-order valence-corrected chi connectivity index (χ1v) is 8.51. The molecule has 0 radical (unpaired) electrons. The molecular weight excluding hydrogens is 284 g/mol. The van der Waals surface area contributed by atoms with Gasteiger partial charge in [0.15, 0.2) is 0 Å². The normalized spacial score (nSPS) is 16.6. The van der Waals surface area contributed by atoms with Crippen molar-refractivity contribution in [2.75, 3.05) is 10.6 Å². The van der Waals surface area contributed by atoms with Crippen molar-refractivity contribution in [1.29, 1.82) is 0 Å². The van der Waals surface area contributed by atoms with Gasteiger partial charge in [0.25, 0.3) is 0 Å². The van der Waals surface area contributed by atoms with E-state index in [1.165, 1.54) is 36.8 Å². The van der Waals surface area contributed by atoms with Crippen molar-refractivity contribution < 1.29 is 4.79 Å². The molecule has 0 saturated heterocycles. The highest BCUT2D eigenvalue weighted by molar-refractivity contribution is 6.02. The molecule has 2 N–H and O–H groups in total. The van der Waals surface area contributed by atoms with Crippen LogP contribution in [0.15, 0.2) is 42.5 Å². The largest absolute Gasteiger partial charge is 0.379 e. The highest BCUT2D eigenvalue weighted by atomic mass is 16.1. The number of rotatable bonds is 5. The topological polar surface area (TPSA) is 41.1 Å². The van der Waals surface area contributed by atoms with Crippen LogP contribution in [0.25, 0.3) is 0 Å². The molecule has 118 valence electrons. The minimum absolute atomic E-state index is 0.0803. The fourth-order valence-corrected chi connectivity index (χ4v) is 3.49. The van der Waals surface area contributed by atoms with Gasteiger partial charge in [-0.05, 0) is 35.1 Å². The van der Waals surface area contributed by atoms with Crippen LogP contribution in [0, 0.1) is 5.92 Å². The first kappa shape index (κ1) is 14.3. The Balaban J connectivity index is 1.44. The Hall–Kier alpha value is -2.29. The Morgan fingerprint density at radius 3 is 2.74 bits per heavy atom. The number of amides is 1. The van der Waals surface area contributed by atoms with E-state index in [0.29, 0.717) is 6.42 Å². The highest BCUT2D eigenvalue weighted by Crippen LogP contribution is 2.32. The molecular formula is C20H22N2O. The lowest BCUT2D eigenvalue weighted by atomic mass is 9.81. The molecule has 0 bridgehead atoms. The molecule has 1 aliphatic carbocycles. The van der Waals surface area contributed by atoms with E-state index < -0.39 is 0 Å². The molecule has 1 fully saturated rings. The van der Waals surface area contributed by atoms with Crippen LogP contribution in [0.2, 0.25) is 0 Å². The zero-order valence-corrected chi connectivity index (χ0v) is 13.3. The van der Waals surface area contributed by atoms with Crippen LogP contribution in [0.3, 0.4) is 0 Å². The average Bonchev–Trinajstić information content (AvgIpc) is 2.90. The lowest BCUT2D eigenvalue weighted by Crippen LogP contribution is -2.13. The van der Waals surface area contributed by atoms with Crippen molar-refractivity contribution in [3.05, 3.63) is 59.2 Å². The number of fused-ring (bicyclic) bond motifs is 1. The predicted molar refractivity (Wildman–Crippen MR) is 93.6 cm³/mol. The van der Waals surface area contributed by atoms with E-state index >= 15 is 0 Å². The van der Waals surface area contributed by atoms with Gasteiger partial charge in [0.2, 0.25) is 5.91 Å². The van der Waals surface area contributed by atoms with Crippen molar-refractivity contribution in [1.82, 2.24) is 0 Å². The number of carbonyl (C=O) groups is 1. The summed E-state index contributed by atoms with van der Waals surface area (Å²) >= 11 is 0. The van der Waals surface area contributed by atoms with Gasteiger partial charge < -0.3 is 10.6 Å². The van der Waals surface area contributed by atoms with E-state index in [2.05, 4.69) is 34.9 Å². The van der Waals surface area contributed by atoms with Gasteiger partial charge in [0.05, 0.1) is 17.8 Å². The lowest BCUT2D eigenvalue weighted by molar-refractivity contribution is -0.115. The van der Waals surface area contributed by atoms with E-state index in [1.54, 1.807) is 0 Å². The fourth-order valence-electron chi connectivity index (χ4n) is 3.49. The Kier molecular flexibility index (Phi) is 3.78. The molecule has 3 heteroatoms. The Morgan fingerprint density at radius 1 is 1.09 bits per heavy atom. The average molecular weight is 306 g/mol.